The Kier molecular flexibility index (Phi) is 24.7. The highest BCUT2D eigenvalue weighted by Crippen LogP contribution is 2.22. The lowest BCUT2D eigenvalue weighted by atomic mass is 9.94. The van der Waals surface area contributed by atoms with Crippen molar-refractivity contribution in [2.45, 2.75) is 162 Å². The molecule has 0 heterocycles. The molecule has 0 N–H and O–H groups in total. The van der Waals surface area contributed by atoms with Gasteiger partial charge in [-0.1, -0.05) is 164 Å². The Morgan fingerprint density at radius 1 is 0.556 bits per heavy atom. The second-order valence-corrected chi connectivity index (χ2v) is 12.3. The Morgan fingerprint density at radius 2 is 1.00 bits per heavy atom. The molecule has 1 aromatic rings. The van der Waals surface area contributed by atoms with E-state index in [0.717, 1.165) is 18.3 Å². The van der Waals surface area contributed by atoms with Gasteiger partial charge in [-0.25, -0.2) is 0 Å². The summed E-state index contributed by atoms with van der Waals surface area (Å²) in [5.41, 5.74) is 1.45. The lowest BCUT2D eigenvalue weighted by Crippen LogP contribution is -2.12. The molecular formula is C34H61IO. The zero-order chi connectivity index (χ0) is 25.9. The van der Waals surface area contributed by atoms with E-state index < -0.39 is 0 Å². The smallest absolute Gasteiger partial charge is 0.119 e. The molecule has 0 amide bonds. The predicted molar refractivity (Wildman–Crippen MR) is 171 cm³/mol. The highest BCUT2D eigenvalue weighted by Gasteiger charge is 2.10. The highest BCUT2D eigenvalue weighted by molar-refractivity contribution is 14.1. The number of benzene rings is 1. The van der Waals surface area contributed by atoms with E-state index in [1.165, 1.54) is 158 Å². The van der Waals surface area contributed by atoms with Crippen LogP contribution in [0.25, 0.3) is 0 Å². The Morgan fingerprint density at radius 3 is 1.44 bits per heavy atom. The van der Waals surface area contributed by atoms with Gasteiger partial charge in [0.05, 0.1) is 6.61 Å². The number of ether oxygens (including phenoxy) is 1. The van der Waals surface area contributed by atoms with Gasteiger partial charge in [0.2, 0.25) is 0 Å². The first-order valence-corrected chi connectivity index (χ1v) is 17.6. The Hall–Kier alpha value is -0.250. The van der Waals surface area contributed by atoms with Crippen molar-refractivity contribution < 1.29 is 4.74 Å². The van der Waals surface area contributed by atoms with Gasteiger partial charge < -0.3 is 4.74 Å². The van der Waals surface area contributed by atoms with Crippen LogP contribution < -0.4 is 4.74 Å². The van der Waals surface area contributed by atoms with Crippen molar-refractivity contribution in [1.29, 1.82) is 0 Å². The van der Waals surface area contributed by atoms with E-state index in [9.17, 15) is 0 Å². The molecule has 0 saturated heterocycles. The van der Waals surface area contributed by atoms with Crippen molar-refractivity contribution in [3.8, 4) is 5.75 Å². The normalized spacial score (nSPS) is 12.2. The molecule has 1 aromatic carbocycles. The minimum absolute atomic E-state index is 0.725. The van der Waals surface area contributed by atoms with Crippen LogP contribution in [0.2, 0.25) is 0 Å². The van der Waals surface area contributed by atoms with Crippen molar-refractivity contribution in [3.63, 3.8) is 0 Å². The van der Waals surface area contributed by atoms with Crippen LogP contribution in [-0.4, -0.2) is 11.0 Å². The van der Waals surface area contributed by atoms with Gasteiger partial charge in [-0.05, 0) is 60.1 Å². The summed E-state index contributed by atoms with van der Waals surface area (Å²) in [4.78, 5) is 0. The monoisotopic (exact) mass is 612 g/mol. The van der Waals surface area contributed by atoms with Gasteiger partial charge in [0.25, 0.3) is 0 Å². The Labute approximate surface area is 240 Å². The molecular weight excluding hydrogens is 551 g/mol. The number of hydrogen-bond acceptors (Lipinski definition) is 1. The number of rotatable bonds is 27. The largest absolute Gasteiger partial charge is 0.493 e. The lowest BCUT2D eigenvalue weighted by Gasteiger charge is -2.18. The second-order valence-electron chi connectivity index (χ2n) is 11.2. The van der Waals surface area contributed by atoms with Gasteiger partial charge in [-0.3, -0.25) is 0 Å². The summed E-state index contributed by atoms with van der Waals surface area (Å²) >= 11 is 2.48. The van der Waals surface area contributed by atoms with E-state index in [2.05, 4.69) is 60.7 Å². The molecule has 0 fully saturated rings. The molecule has 210 valence electrons. The molecule has 0 aliphatic carbocycles. The number of alkyl halides is 1. The molecule has 0 aliphatic rings. The zero-order valence-corrected chi connectivity index (χ0v) is 26.5. The zero-order valence-electron chi connectivity index (χ0n) is 24.4. The van der Waals surface area contributed by atoms with Crippen molar-refractivity contribution in [2.75, 3.05) is 11.0 Å². The summed E-state index contributed by atoms with van der Waals surface area (Å²) in [5.74, 6) is 1.79. The first-order chi connectivity index (χ1) is 17.8. The fourth-order valence-electron chi connectivity index (χ4n) is 5.19. The van der Waals surface area contributed by atoms with Crippen LogP contribution in [0.3, 0.4) is 0 Å². The molecule has 0 spiro atoms. The molecule has 0 aromatic heterocycles. The quantitative estimate of drug-likeness (QED) is 0.0546. The third kappa shape index (κ3) is 20.8. The highest BCUT2D eigenvalue weighted by atomic mass is 127. The molecule has 1 rings (SSSR count). The van der Waals surface area contributed by atoms with E-state index in [1.807, 2.05) is 0 Å². The van der Waals surface area contributed by atoms with Crippen LogP contribution in [0.1, 0.15) is 161 Å². The minimum Gasteiger partial charge on any atom is -0.493 e. The van der Waals surface area contributed by atoms with Gasteiger partial charge in [-0.2, -0.15) is 0 Å². The molecule has 0 saturated carbocycles. The molecule has 0 aliphatic heterocycles. The average Bonchev–Trinajstić information content (AvgIpc) is 2.90. The topological polar surface area (TPSA) is 9.23 Å². The Balaban J connectivity index is 2.29. The van der Waals surface area contributed by atoms with Crippen LogP contribution >= 0.6 is 22.6 Å². The molecule has 0 bridgehead atoms. The fourth-order valence-corrected chi connectivity index (χ4v) is 5.73. The average molecular weight is 613 g/mol. The van der Waals surface area contributed by atoms with Gasteiger partial charge in [0, 0.05) is 0 Å². The van der Waals surface area contributed by atoms with Crippen molar-refractivity contribution in [1.82, 2.24) is 0 Å². The maximum atomic E-state index is 6.31. The standard InChI is InChI=1S/C34H61IO/c1-3-5-7-9-11-13-14-16-18-20-25-33(24-19-17-15-12-10-8-6-4-2)31-36-34-28-26-32(27-29-34)23-21-22-30-35/h26-29,33H,3-25,30-31H2,1-2H3. The van der Waals surface area contributed by atoms with Crippen LogP contribution in [0.5, 0.6) is 5.75 Å². The fraction of sp³-hybridized carbons (Fsp3) is 0.824. The number of hydrogen-bond donors (Lipinski definition) is 0. The van der Waals surface area contributed by atoms with Gasteiger partial charge in [0.15, 0.2) is 0 Å². The van der Waals surface area contributed by atoms with Crippen LogP contribution in [0, 0.1) is 5.92 Å². The van der Waals surface area contributed by atoms with E-state index in [0.29, 0.717) is 0 Å². The van der Waals surface area contributed by atoms with Crippen LogP contribution in [0.15, 0.2) is 24.3 Å². The maximum Gasteiger partial charge on any atom is 0.119 e. The van der Waals surface area contributed by atoms with Gasteiger partial charge in [-0.15, -0.1) is 0 Å². The molecule has 1 unspecified atom stereocenters. The summed E-state index contributed by atoms with van der Waals surface area (Å²) < 4.78 is 7.57. The summed E-state index contributed by atoms with van der Waals surface area (Å²) in [7, 11) is 0. The van der Waals surface area contributed by atoms with Crippen LogP contribution in [-0.2, 0) is 6.42 Å². The molecule has 1 atom stereocenters. The number of unbranched alkanes of at least 4 members (excludes halogenated alkanes) is 17. The molecule has 36 heavy (non-hydrogen) atoms. The Bertz CT molecular complexity index is 555. The second kappa shape index (κ2) is 26.4. The van der Waals surface area contributed by atoms with Crippen molar-refractivity contribution >= 4 is 22.6 Å². The lowest BCUT2D eigenvalue weighted by molar-refractivity contribution is 0.224. The van der Waals surface area contributed by atoms with Gasteiger partial charge in [0.1, 0.15) is 5.75 Å². The summed E-state index contributed by atoms with van der Waals surface area (Å²) in [6.07, 6.45) is 32.0. The summed E-state index contributed by atoms with van der Waals surface area (Å²) in [5, 5.41) is 0. The minimum atomic E-state index is 0.725. The van der Waals surface area contributed by atoms with E-state index >= 15 is 0 Å². The number of halogens is 1. The predicted octanol–water partition coefficient (Wildman–Crippen LogP) is 12.3. The van der Waals surface area contributed by atoms with Crippen LogP contribution in [0.4, 0.5) is 0 Å². The van der Waals surface area contributed by atoms with E-state index in [-0.39, 0.29) is 0 Å². The van der Waals surface area contributed by atoms with Crippen molar-refractivity contribution in [3.05, 3.63) is 29.8 Å². The van der Waals surface area contributed by atoms with Crippen molar-refractivity contribution in [2.24, 2.45) is 5.92 Å². The molecule has 0 radical (unpaired) electrons. The molecule has 2 heteroatoms. The molecule has 1 nitrogen and oxygen atoms in total. The number of aryl methyl sites for hydroxylation is 1. The maximum absolute atomic E-state index is 6.31. The SMILES string of the molecule is CCCCCCCCCCCCC(CCCCCCCCCC)COc1ccc(CCCCI)cc1. The third-order valence-corrected chi connectivity index (χ3v) is 8.45. The summed E-state index contributed by atoms with van der Waals surface area (Å²) in [6.45, 7) is 5.51. The first kappa shape index (κ1) is 33.8. The summed E-state index contributed by atoms with van der Waals surface area (Å²) in [6, 6.07) is 8.96. The van der Waals surface area contributed by atoms with E-state index in [1.54, 1.807) is 0 Å². The van der Waals surface area contributed by atoms with Gasteiger partial charge >= 0.3 is 0 Å². The van der Waals surface area contributed by atoms with E-state index in [4.69, 9.17) is 4.74 Å². The first-order valence-electron chi connectivity index (χ1n) is 16.1. The third-order valence-electron chi connectivity index (χ3n) is 7.69.